The molecule has 8 nitrogen and oxygen atoms in total. The molecule has 0 bridgehead atoms. The molecule has 0 saturated carbocycles. The molecule has 0 radical (unpaired) electrons. The molecule has 0 aliphatic heterocycles. The van der Waals surface area contributed by atoms with Crippen LogP contribution in [0, 0.1) is 0 Å². The van der Waals surface area contributed by atoms with Gasteiger partial charge in [-0.05, 0) is 23.6 Å². The van der Waals surface area contributed by atoms with Crippen LogP contribution in [-0.4, -0.2) is 47.8 Å². The molecule has 0 aliphatic carbocycles. The highest BCUT2D eigenvalue weighted by atomic mass is 32.1. The van der Waals surface area contributed by atoms with Crippen LogP contribution in [0.25, 0.3) is 16.3 Å². The van der Waals surface area contributed by atoms with Gasteiger partial charge >= 0.3 is 5.97 Å². The van der Waals surface area contributed by atoms with Crippen molar-refractivity contribution in [2.45, 2.75) is 0 Å². The third-order valence-electron chi connectivity index (χ3n) is 3.75. The highest BCUT2D eigenvalue weighted by Gasteiger charge is 2.20. The van der Waals surface area contributed by atoms with E-state index in [2.05, 4.69) is 15.7 Å². The van der Waals surface area contributed by atoms with E-state index in [1.54, 1.807) is 6.07 Å². The Bertz CT molecular complexity index is 967. The predicted octanol–water partition coefficient (Wildman–Crippen LogP) is 1.62. The molecule has 2 N–H and O–H groups in total. The summed E-state index contributed by atoms with van der Waals surface area (Å²) in [6.45, 7) is -0.679. The molecule has 0 saturated heterocycles. The van der Waals surface area contributed by atoms with Crippen LogP contribution in [0.3, 0.4) is 0 Å². The zero-order chi connectivity index (χ0) is 19.9. The van der Waals surface area contributed by atoms with Crippen LogP contribution in [0.1, 0.15) is 10.5 Å². The van der Waals surface area contributed by atoms with Gasteiger partial charge in [-0.25, -0.2) is 9.48 Å². The van der Waals surface area contributed by atoms with Crippen molar-refractivity contribution in [1.82, 2.24) is 20.4 Å². The lowest BCUT2D eigenvalue weighted by Crippen LogP contribution is -2.37. The second-order valence-electron chi connectivity index (χ2n) is 5.67. The van der Waals surface area contributed by atoms with Gasteiger partial charge in [-0.3, -0.25) is 9.59 Å². The molecule has 2 amide bonds. The lowest BCUT2D eigenvalue weighted by molar-refractivity contribution is -0.127. The number of thiophene rings is 1. The average Bonchev–Trinajstić information content (AvgIpc) is 3.40. The predicted molar refractivity (Wildman–Crippen MR) is 104 cm³/mol. The Kier molecular flexibility index (Phi) is 6.18. The minimum absolute atomic E-state index is 0.183. The van der Waals surface area contributed by atoms with Gasteiger partial charge in [-0.2, -0.15) is 5.10 Å². The number of para-hydroxylation sites is 1. The summed E-state index contributed by atoms with van der Waals surface area (Å²) in [4.78, 5) is 36.4. The zero-order valence-corrected chi connectivity index (χ0v) is 15.9. The van der Waals surface area contributed by atoms with Gasteiger partial charge in [0, 0.05) is 13.1 Å². The Labute approximate surface area is 165 Å². The Balaban J connectivity index is 1.77. The smallest absolute Gasteiger partial charge is 0.357 e. The van der Waals surface area contributed by atoms with Crippen molar-refractivity contribution < 1.29 is 19.1 Å². The van der Waals surface area contributed by atoms with Gasteiger partial charge < -0.3 is 15.4 Å². The van der Waals surface area contributed by atoms with Gasteiger partial charge in [0.1, 0.15) is 5.69 Å². The molecule has 1 aromatic carbocycles. The van der Waals surface area contributed by atoms with Crippen molar-refractivity contribution in [2.24, 2.45) is 0 Å². The molecule has 0 atom stereocenters. The van der Waals surface area contributed by atoms with Gasteiger partial charge in [0.2, 0.25) is 5.91 Å². The maximum Gasteiger partial charge on any atom is 0.357 e. The number of hydrogen-bond acceptors (Lipinski definition) is 6. The average molecular weight is 398 g/mol. The minimum Gasteiger partial charge on any atom is -0.451 e. The molecule has 3 rings (SSSR count). The Morgan fingerprint density at radius 2 is 1.89 bits per heavy atom. The Morgan fingerprint density at radius 1 is 1.11 bits per heavy atom. The number of benzene rings is 1. The van der Waals surface area contributed by atoms with E-state index in [1.807, 2.05) is 47.8 Å². The normalized spacial score (nSPS) is 10.3. The first kappa shape index (κ1) is 19.3. The fourth-order valence-electron chi connectivity index (χ4n) is 2.36. The third-order valence-corrected chi connectivity index (χ3v) is 4.64. The number of hydrogen-bond donors (Lipinski definition) is 2. The molecule has 28 heavy (non-hydrogen) atoms. The van der Waals surface area contributed by atoms with E-state index >= 15 is 0 Å². The van der Waals surface area contributed by atoms with Gasteiger partial charge in [0.25, 0.3) is 5.91 Å². The molecular formula is C19H18N4O4S. The van der Waals surface area contributed by atoms with E-state index in [0.29, 0.717) is 11.4 Å². The van der Waals surface area contributed by atoms with E-state index in [1.165, 1.54) is 23.1 Å². The number of amides is 2. The van der Waals surface area contributed by atoms with E-state index in [9.17, 15) is 14.4 Å². The van der Waals surface area contributed by atoms with Crippen molar-refractivity contribution in [1.29, 1.82) is 0 Å². The second kappa shape index (κ2) is 8.96. The van der Waals surface area contributed by atoms with Crippen LogP contribution in [-0.2, 0) is 14.3 Å². The first-order valence-electron chi connectivity index (χ1n) is 8.42. The number of rotatable bonds is 7. The number of nitrogens with zero attached hydrogens (tertiary/aromatic N) is 2. The summed E-state index contributed by atoms with van der Waals surface area (Å²) in [5.74, 6) is -1.60. The summed E-state index contributed by atoms with van der Waals surface area (Å²) in [6, 6.07) is 14.6. The summed E-state index contributed by atoms with van der Waals surface area (Å²) in [7, 11) is 1.46. The monoisotopic (exact) mass is 398 g/mol. The van der Waals surface area contributed by atoms with Crippen molar-refractivity contribution in [2.75, 3.05) is 20.2 Å². The largest absolute Gasteiger partial charge is 0.451 e. The number of esters is 1. The molecular weight excluding hydrogens is 380 g/mol. The van der Waals surface area contributed by atoms with E-state index in [0.717, 1.165) is 4.88 Å². The van der Waals surface area contributed by atoms with Crippen LogP contribution in [0.15, 0.2) is 53.9 Å². The van der Waals surface area contributed by atoms with E-state index in [4.69, 9.17) is 4.74 Å². The Hall–Kier alpha value is -3.46. The highest BCUT2D eigenvalue weighted by molar-refractivity contribution is 7.13. The van der Waals surface area contributed by atoms with Crippen molar-refractivity contribution >= 4 is 29.1 Å². The lowest BCUT2D eigenvalue weighted by atomic mass is 10.3. The zero-order valence-electron chi connectivity index (χ0n) is 15.0. The fraction of sp³-hybridized carbons (Fsp3) is 0.158. The first-order chi connectivity index (χ1) is 13.6. The molecule has 144 valence electrons. The van der Waals surface area contributed by atoms with Crippen LogP contribution in [0.4, 0.5) is 0 Å². The van der Waals surface area contributed by atoms with Crippen LogP contribution in [0.2, 0.25) is 0 Å². The Morgan fingerprint density at radius 3 is 2.57 bits per heavy atom. The van der Waals surface area contributed by atoms with Gasteiger partial charge in [0.15, 0.2) is 12.3 Å². The second-order valence-corrected chi connectivity index (χ2v) is 6.61. The number of carbonyl (C=O) groups excluding carboxylic acids is 3. The van der Waals surface area contributed by atoms with E-state index in [-0.39, 0.29) is 18.1 Å². The maximum atomic E-state index is 12.6. The maximum absolute atomic E-state index is 12.6. The molecule has 0 aliphatic rings. The number of likely N-dealkylation sites (N-methyl/N-ethyl adjacent to an activating group) is 1. The van der Waals surface area contributed by atoms with Crippen molar-refractivity contribution in [3.63, 3.8) is 0 Å². The van der Waals surface area contributed by atoms with Crippen LogP contribution in [0.5, 0.6) is 0 Å². The minimum atomic E-state index is -0.686. The van der Waals surface area contributed by atoms with Gasteiger partial charge in [-0.15, -0.1) is 11.3 Å². The van der Waals surface area contributed by atoms with Crippen LogP contribution >= 0.6 is 11.3 Å². The van der Waals surface area contributed by atoms with Crippen LogP contribution < -0.4 is 10.6 Å². The number of ether oxygens (including phenoxy) is 1. The third kappa shape index (κ3) is 4.63. The summed E-state index contributed by atoms with van der Waals surface area (Å²) in [6.07, 6.45) is 0. The van der Waals surface area contributed by atoms with Gasteiger partial charge in [-0.1, -0.05) is 24.3 Å². The molecule has 0 unspecified atom stereocenters. The summed E-state index contributed by atoms with van der Waals surface area (Å²) >= 11 is 1.50. The summed E-state index contributed by atoms with van der Waals surface area (Å²) < 4.78 is 6.59. The quantitative estimate of drug-likeness (QED) is 0.589. The SMILES string of the molecule is CNC(=O)CNC(=O)COC(=O)c1cc(-c2cccs2)nn1-c1ccccc1. The molecule has 2 heterocycles. The molecule has 9 heteroatoms. The number of carbonyl (C=O) groups is 3. The van der Waals surface area contributed by atoms with Gasteiger partial charge in [0.05, 0.1) is 17.1 Å². The van der Waals surface area contributed by atoms with Crippen molar-refractivity contribution in [3.05, 3.63) is 59.6 Å². The first-order valence-corrected chi connectivity index (χ1v) is 9.30. The molecule has 0 spiro atoms. The number of nitrogens with one attached hydrogen (secondary N) is 2. The van der Waals surface area contributed by atoms with E-state index < -0.39 is 18.5 Å². The topological polar surface area (TPSA) is 102 Å². The standard InChI is InChI=1S/C19H18N4O4S/c1-20-17(24)11-21-18(25)12-27-19(26)15-10-14(16-8-5-9-28-16)22-23(15)13-6-3-2-4-7-13/h2-10H,11-12H2,1H3,(H,20,24)(H,21,25). The number of aromatic nitrogens is 2. The highest BCUT2D eigenvalue weighted by Crippen LogP contribution is 2.26. The summed E-state index contributed by atoms with van der Waals surface area (Å²) in [5.41, 5.74) is 1.53. The molecule has 0 fully saturated rings. The molecule has 2 aromatic heterocycles. The molecule has 3 aromatic rings. The lowest BCUT2D eigenvalue weighted by Gasteiger charge is -2.08. The van der Waals surface area contributed by atoms with Crippen molar-refractivity contribution in [3.8, 4) is 16.3 Å². The summed E-state index contributed by atoms with van der Waals surface area (Å²) in [5, 5.41) is 11.2. The fourth-order valence-corrected chi connectivity index (χ4v) is 3.04.